The minimum absolute atomic E-state index is 0.0786. The molecule has 4 heteroatoms. The predicted octanol–water partition coefficient (Wildman–Crippen LogP) is 2.69. The van der Waals surface area contributed by atoms with Gasteiger partial charge in [0, 0.05) is 17.1 Å². The van der Waals surface area contributed by atoms with Crippen molar-refractivity contribution in [1.82, 2.24) is 0 Å². The number of thioether (sulfide) groups is 1. The Kier molecular flexibility index (Phi) is 4.32. The van der Waals surface area contributed by atoms with Crippen LogP contribution in [0.2, 0.25) is 0 Å². The Hall–Kier alpha value is -0.480. The maximum Gasteiger partial charge on any atom is 0.228 e. The van der Waals surface area contributed by atoms with Crippen LogP contribution < -0.4 is 5.32 Å². The lowest BCUT2D eigenvalue weighted by Gasteiger charge is -2.08. The van der Waals surface area contributed by atoms with Crippen LogP contribution in [0.25, 0.3) is 0 Å². The summed E-state index contributed by atoms with van der Waals surface area (Å²) in [6, 6.07) is 1.91. The van der Waals surface area contributed by atoms with Crippen molar-refractivity contribution in [1.29, 1.82) is 0 Å². The van der Waals surface area contributed by atoms with E-state index < -0.39 is 0 Å². The molecular formula is C9H13NOS2. The molecule has 1 aromatic heterocycles. The Morgan fingerprint density at radius 1 is 1.77 bits per heavy atom. The SMILES string of the molecule is CSCC(C)C(=O)Nc1ccsc1. The van der Waals surface area contributed by atoms with Crippen molar-refractivity contribution in [3.8, 4) is 0 Å². The summed E-state index contributed by atoms with van der Waals surface area (Å²) in [5.74, 6) is 1.05. The predicted molar refractivity (Wildman–Crippen MR) is 60.5 cm³/mol. The zero-order valence-electron chi connectivity index (χ0n) is 7.74. The van der Waals surface area contributed by atoms with Gasteiger partial charge < -0.3 is 5.32 Å². The molecule has 0 saturated heterocycles. The fourth-order valence-electron chi connectivity index (χ4n) is 0.927. The summed E-state index contributed by atoms with van der Waals surface area (Å²) in [5, 5.41) is 6.75. The third kappa shape index (κ3) is 3.40. The molecule has 1 atom stereocenters. The Bertz CT molecular complexity index is 259. The molecule has 0 bridgehead atoms. The Morgan fingerprint density at radius 2 is 2.54 bits per heavy atom. The van der Waals surface area contributed by atoms with E-state index in [0.717, 1.165) is 11.4 Å². The van der Waals surface area contributed by atoms with Gasteiger partial charge in [-0.25, -0.2) is 0 Å². The normalized spacial score (nSPS) is 12.5. The maximum absolute atomic E-state index is 11.5. The molecule has 1 heterocycles. The number of carbonyl (C=O) groups is 1. The van der Waals surface area contributed by atoms with Crippen LogP contribution in [-0.4, -0.2) is 17.9 Å². The van der Waals surface area contributed by atoms with Gasteiger partial charge in [0.15, 0.2) is 0 Å². The van der Waals surface area contributed by atoms with Crippen LogP contribution in [0.1, 0.15) is 6.92 Å². The molecule has 0 fully saturated rings. The number of thiophene rings is 1. The summed E-state index contributed by atoms with van der Waals surface area (Å²) >= 11 is 3.28. The van der Waals surface area contributed by atoms with E-state index >= 15 is 0 Å². The van der Waals surface area contributed by atoms with Crippen molar-refractivity contribution in [2.75, 3.05) is 17.3 Å². The zero-order valence-corrected chi connectivity index (χ0v) is 9.37. The van der Waals surface area contributed by atoms with E-state index in [1.54, 1.807) is 23.1 Å². The largest absolute Gasteiger partial charge is 0.325 e. The fraction of sp³-hybridized carbons (Fsp3) is 0.444. The van der Waals surface area contributed by atoms with E-state index in [1.165, 1.54) is 0 Å². The van der Waals surface area contributed by atoms with Gasteiger partial charge in [0.2, 0.25) is 5.91 Å². The van der Waals surface area contributed by atoms with Gasteiger partial charge >= 0.3 is 0 Å². The molecule has 0 aromatic carbocycles. The molecule has 13 heavy (non-hydrogen) atoms. The molecule has 0 saturated carbocycles. The van der Waals surface area contributed by atoms with E-state index in [2.05, 4.69) is 5.32 Å². The molecule has 72 valence electrons. The highest BCUT2D eigenvalue weighted by molar-refractivity contribution is 7.98. The monoisotopic (exact) mass is 215 g/mol. The van der Waals surface area contributed by atoms with Crippen LogP contribution in [-0.2, 0) is 4.79 Å². The average Bonchev–Trinajstić information content (AvgIpc) is 2.57. The molecule has 1 N–H and O–H groups in total. The van der Waals surface area contributed by atoms with E-state index in [0.29, 0.717) is 0 Å². The first kappa shape index (κ1) is 10.6. The van der Waals surface area contributed by atoms with Crippen LogP contribution in [0.3, 0.4) is 0 Å². The minimum atomic E-state index is 0.0786. The van der Waals surface area contributed by atoms with Gasteiger partial charge in [-0.05, 0) is 17.7 Å². The molecule has 0 aliphatic carbocycles. The first-order chi connectivity index (χ1) is 6.24. The molecule has 0 radical (unpaired) electrons. The molecular weight excluding hydrogens is 202 g/mol. The Labute approximate surface area is 86.7 Å². The summed E-state index contributed by atoms with van der Waals surface area (Å²) in [6.07, 6.45) is 2.01. The smallest absolute Gasteiger partial charge is 0.228 e. The quantitative estimate of drug-likeness (QED) is 0.836. The molecule has 0 spiro atoms. The Balaban J connectivity index is 2.41. The molecule has 1 amide bonds. The lowest BCUT2D eigenvalue weighted by atomic mass is 10.2. The number of amides is 1. The van der Waals surface area contributed by atoms with Crippen molar-refractivity contribution in [3.63, 3.8) is 0 Å². The second kappa shape index (κ2) is 5.29. The molecule has 0 aliphatic heterocycles. The number of hydrogen-bond donors (Lipinski definition) is 1. The van der Waals surface area contributed by atoms with Crippen molar-refractivity contribution in [2.24, 2.45) is 5.92 Å². The summed E-state index contributed by atoms with van der Waals surface area (Å²) in [4.78, 5) is 11.5. The second-order valence-electron chi connectivity index (χ2n) is 2.86. The molecule has 1 rings (SSSR count). The van der Waals surface area contributed by atoms with Crippen molar-refractivity contribution in [2.45, 2.75) is 6.92 Å². The fourth-order valence-corrected chi connectivity index (χ4v) is 2.17. The summed E-state index contributed by atoms with van der Waals surface area (Å²) < 4.78 is 0. The van der Waals surface area contributed by atoms with Crippen molar-refractivity contribution < 1.29 is 4.79 Å². The van der Waals surface area contributed by atoms with Gasteiger partial charge in [0.1, 0.15) is 0 Å². The number of hydrogen-bond acceptors (Lipinski definition) is 3. The van der Waals surface area contributed by atoms with Gasteiger partial charge in [0.05, 0.1) is 5.69 Å². The van der Waals surface area contributed by atoms with Gasteiger partial charge in [-0.3, -0.25) is 4.79 Å². The van der Waals surface area contributed by atoms with Gasteiger partial charge in [-0.1, -0.05) is 6.92 Å². The number of anilines is 1. The summed E-state index contributed by atoms with van der Waals surface area (Å²) in [6.45, 7) is 1.94. The topological polar surface area (TPSA) is 29.1 Å². The van der Waals surface area contributed by atoms with E-state index in [9.17, 15) is 4.79 Å². The van der Waals surface area contributed by atoms with E-state index in [-0.39, 0.29) is 11.8 Å². The number of rotatable bonds is 4. The molecule has 0 aliphatic rings. The first-order valence-corrected chi connectivity index (χ1v) is 6.39. The van der Waals surface area contributed by atoms with Crippen LogP contribution in [0.5, 0.6) is 0 Å². The maximum atomic E-state index is 11.5. The van der Waals surface area contributed by atoms with Gasteiger partial charge in [0.25, 0.3) is 0 Å². The highest BCUT2D eigenvalue weighted by Crippen LogP contribution is 2.14. The van der Waals surface area contributed by atoms with Crippen LogP contribution in [0.4, 0.5) is 5.69 Å². The molecule has 2 nitrogen and oxygen atoms in total. The highest BCUT2D eigenvalue weighted by atomic mass is 32.2. The van der Waals surface area contributed by atoms with E-state index in [4.69, 9.17) is 0 Å². The highest BCUT2D eigenvalue weighted by Gasteiger charge is 2.11. The first-order valence-electron chi connectivity index (χ1n) is 4.06. The van der Waals surface area contributed by atoms with E-state index in [1.807, 2.05) is 30.0 Å². The summed E-state index contributed by atoms with van der Waals surface area (Å²) in [5.41, 5.74) is 0.906. The summed E-state index contributed by atoms with van der Waals surface area (Å²) in [7, 11) is 0. The zero-order chi connectivity index (χ0) is 9.68. The standard InChI is InChI=1S/C9H13NOS2/c1-7(5-12-2)9(11)10-8-3-4-13-6-8/h3-4,6-7H,5H2,1-2H3,(H,10,11). The van der Waals surface area contributed by atoms with Gasteiger partial charge in [-0.2, -0.15) is 23.1 Å². The van der Waals surface area contributed by atoms with Crippen LogP contribution in [0.15, 0.2) is 16.8 Å². The molecule has 1 unspecified atom stereocenters. The van der Waals surface area contributed by atoms with Crippen molar-refractivity contribution in [3.05, 3.63) is 16.8 Å². The van der Waals surface area contributed by atoms with Crippen LogP contribution in [0, 0.1) is 5.92 Å². The average molecular weight is 215 g/mol. The van der Waals surface area contributed by atoms with Crippen molar-refractivity contribution >= 4 is 34.7 Å². The van der Waals surface area contributed by atoms with Crippen LogP contribution >= 0.6 is 23.1 Å². The third-order valence-electron chi connectivity index (χ3n) is 1.65. The molecule has 1 aromatic rings. The van der Waals surface area contributed by atoms with Gasteiger partial charge in [-0.15, -0.1) is 0 Å². The minimum Gasteiger partial charge on any atom is -0.325 e. The lowest BCUT2D eigenvalue weighted by molar-refractivity contribution is -0.118. The number of nitrogens with one attached hydrogen (secondary N) is 1. The third-order valence-corrected chi connectivity index (χ3v) is 3.17. The lowest BCUT2D eigenvalue weighted by Crippen LogP contribution is -2.21. The Morgan fingerprint density at radius 3 is 3.08 bits per heavy atom. The number of carbonyl (C=O) groups excluding carboxylic acids is 1. The second-order valence-corrected chi connectivity index (χ2v) is 4.55.